The Morgan fingerprint density at radius 2 is 1.86 bits per heavy atom. The van der Waals surface area contributed by atoms with Gasteiger partial charge in [-0.2, -0.15) is 9.29 Å². The molecule has 0 spiro atoms. The number of thiophene rings is 1. The predicted molar refractivity (Wildman–Crippen MR) is 109 cm³/mol. The van der Waals surface area contributed by atoms with Crippen LogP contribution in [0.4, 0.5) is 0 Å². The molecule has 4 heterocycles. The molecule has 2 aromatic rings. The lowest BCUT2D eigenvalue weighted by atomic mass is 9.93. The van der Waals surface area contributed by atoms with Crippen LogP contribution in [0.5, 0.6) is 0 Å². The summed E-state index contributed by atoms with van der Waals surface area (Å²) in [6.07, 6.45) is 3.26. The van der Waals surface area contributed by atoms with Crippen molar-refractivity contribution in [2.24, 2.45) is 11.8 Å². The number of likely N-dealkylation sites (tertiary alicyclic amines) is 1. The lowest BCUT2D eigenvalue weighted by molar-refractivity contribution is -0.138. The second-order valence-electron chi connectivity index (χ2n) is 7.98. The van der Waals surface area contributed by atoms with Crippen molar-refractivity contribution in [3.63, 3.8) is 0 Å². The zero-order valence-electron chi connectivity index (χ0n) is 16.7. The Hall–Kier alpha value is -1.78. The fourth-order valence-electron chi connectivity index (χ4n) is 3.94. The molecule has 0 N–H and O–H groups in total. The Bertz CT molecular complexity index is 968. The van der Waals surface area contributed by atoms with Crippen molar-refractivity contribution in [1.29, 1.82) is 0 Å². The van der Waals surface area contributed by atoms with E-state index < -0.39 is 10.0 Å². The summed E-state index contributed by atoms with van der Waals surface area (Å²) in [6.45, 7) is 6.31. The van der Waals surface area contributed by atoms with Crippen molar-refractivity contribution in [1.82, 2.24) is 19.3 Å². The number of rotatable bonds is 4. The van der Waals surface area contributed by atoms with Crippen LogP contribution in [0.2, 0.25) is 0 Å². The van der Waals surface area contributed by atoms with Crippen LogP contribution in [0.15, 0.2) is 20.2 Å². The molecule has 0 radical (unpaired) electrons. The number of amides is 1. The third-order valence-corrected chi connectivity index (χ3v) is 9.17. The fourth-order valence-corrected chi connectivity index (χ4v) is 6.72. The molecule has 0 atom stereocenters. The molecular formula is C19H26N4O4S2. The number of carbonyl (C=O) groups excluding carboxylic acids is 1. The molecule has 0 aliphatic carbocycles. The minimum atomic E-state index is -3.58. The van der Waals surface area contributed by atoms with E-state index in [-0.39, 0.29) is 16.0 Å². The fraction of sp³-hybridized carbons (Fsp3) is 0.632. The Morgan fingerprint density at radius 3 is 2.48 bits per heavy atom. The van der Waals surface area contributed by atoms with Crippen LogP contribution >= 0.6 is 11.3 Å². The van der Waals surface area contributed by atoms with Gasteiger partial charge < -0.3 is 9.42 Å². The van der Waals surface area contributed by atoms with Crippen LogP contribution in [0, 0.1) is 18.8 Å². The Labute approximate surface area is 174 Å². The highest BCUT2D eigenvalue weighted by Crippen LogP contribution is 2.32. The molecule has 4 rings (SSSR count). The summed E-state index contributed by atoms with van der Waals surface area (Å²) < 4.78 is 32.8. The summed E-state index contributed by atoms with van der Waals surface area (Å²) in [4.78, 5) is 18.9. The zero-order chi connectivity index (χ0) is 20.6. The van der Waals surface area contributed by atoms with Crippen molar-refractivity contribution >= 4 is 27.3 Å². The molecule has 0 saturated carbocycles. The van der Waals surface area contributed by atoms with E-state index in [2.05, 4.69) is 17.1 Å². The molecule has 10 heteroatoms. The molecular weight excluding hydrogens is 412 g/mol. The summed E-state index contributed by atoms with van der Waals surface area (Å²) in [7, 11) is -3.58. The minimum Gasteiger partial charge on any atom is -0.342 e. The van der Waals surface area contributed by atoms with E-state index >= 15 is 0 Å². The van der Waals surface area contributed by atoms with Gasteiger partial charge in [-0.05, 0) is 37.7 Å². The van der Waals surface area contributed by atoms with Crippen LogP contribution in [0.3, 0.4) is 0 Å². The maximum atomic E-state index is 13.0. The number of aromatic nitrogens is 2. The van der Waals surface area contributed by atoms with Crippen molar-refractivity contribution in [2.75, 3.05) is 26.2 Å². The lowest BCUT2D eigenvalue weighted by Crippen LogP contribution is -2.46. The van der Waals surface area contributed by atoms with Gasteiger partial charge in [0.05, 0.1) is 0 Å². The largest absolute Gasteiger partial charge is 0.342 e. The molecule has 2 aliphatic rings. The van der Waals surface area contributed by atoms with E-state index in [1.54, 1.807) is 18.4 Å². The minimum absolute atomic E-state index is 0.0731. The maximum Gasteiger partial charge on any atom is 0.252 e. The number of sulfonamides is 1. The maximum absolute atomic E-state index is 13.0. The molecule has 2 aromatic heterocycles. The van der Waals surface area contributed by atoms with E-state index in [9.17, 15) is 13.2 Å². The van der Waals surface area contributed by atoms with Crippen LogP contribution < -0.4 is 0 Å². The summed E-state index contributed by atoms with van der Waals surface area (Å²) >= 11 is 1.16. The smallest absolute Gasteiger partial charge is 0.252 e. The Kier molecular flexibility index (Phi) is 5.76. The van der Waals surface area contributed by atoms with Gasteiger partial charge >= 0.3 is 0 Å². The number of aryl methyl sites for hydroxylation is 1. The molecule has 0 aromatic carbocycles. The number of piperidine rings is 2. The average molecular weight is 439 g/mol. The first kappa shape index (κ1) is 20.5. The van der Waals surface area contributed by atoms with Gasteiger partial charge in [0, 0.05) is 50.0 Å². The average Bonchev–Trinajstić information content (AvgIpc) is 3.37. The monoisotopic (exact) mass is 438 g/mol. The predicted octanol–water partition coefficient (Wildman–Crippen LogP) is 2.77. The molecule has 0 unspecified atom stereocenters. The van der Waals surface area contributed by atoms with E-state index in [0.717, 1.165) is 37.3 Å². The van der Waals surface area contributed by atoms with E-state index in [1.807, 2.05) is 4.90 Å². The normalized spacial score (nSPS) is 20.3. The van der Waals surface area contributed by atoms with Crippen molar-refractivity contribution in [2.45, 2.75) is 43.7 Å². The Balaban J connectivity index is 1.39. The topological polar surface area (TPSA) is 96.6 Å². The highest BCUT2D eigenvalue weighted by molar-refractivity contribution is 7.91. The highest BCUT2D eigenvalue weighted by Gasteiger charge is 2.35. The molecule has 2 fully saturated rings. The van der Waals surface area contributed by atoms with Crippen LogP contribution in [-0.4, -0.2) is 59.8 Å². The van der Waals surface area contributed by atoms with Gasteiger partial charge in [0.2, 0.25) is 17.6 Å². The highest BCUT2D eigenvalue weighted by atomic mass is 32.2. The molecule has 29 heavy (non-hydrogen) atoms. The lowest BCUT2D eigenvalue weighted by Gasteiger charge is -2.36. The molecule has 2 saturated heterocycles. The van der Waals surface area contributed by atoms with Crippen LogP contribution in [0.25, 0.3) is 11.4 Å². The van der Waals surface area contributed by atoms with Crippen molar-refractivity contribution in [3.05, 3.63) is 17.3 Å². The number of carbonyl (C=O) groups is 1. The van der Waals surface area contributed by atoms with Gasteiger partial charge in [-0.25, -0.2) is 8.42 Å². The van der Waals surface area contributed by atoms with Crippen molar-refractivity contribution in [3.8, 4) is 11.4 Å². The summed E-state index contributed by atoms with van der Waals surface area (Å²) in [5.41, 5.74) is 0.634. The first-order valence-corrected chi connectivity index (χ1v) is 12.3. The SMILES string of the molecule is Cc1nc(-c2csc(S(=O)(=O)N3CCC(C(=O)N4CCC(C)CC4)CC3)c2)no1. The number of nitrogens with zero attached hydrogens (tertiary/aromatic N) is 4. The standard InChI is InChI=1S/C19H26N4O4S2/c1-13-3-7-22(8-4-13)19(24)15-5-9-23(10-6-15)29(25,26)17-11-16(12-28-17)18-20-14(2)27-21-18/h11-13,15H,3-10H2,1-2H3. The van der Waals surface area contributed by atoms with Gasteiger partial charge in [0.1, 0.15) is 4.21 Å². The quantitative estimate of drug-likeness (QED) is 0.728. The zero-order valence-corrected chi connectivity index (χ0v) is 18.3. The van der Waals surface area contributed by atoms with Gasteiger partial charge in [0.15, 0.2) is 0 Å². The van der Waals surface area contributed by atoms with E-state index in [4.69, 9.17) is 4.52 Å². The molecule has 0 bridgehead atoms. The first-order chi connectivity index (χ1) is 13.8. The molecule has 1 amide bonds. The van der Waals surface area contributed by atoms with E-state index in [0.29, 0.717) is 49.1 Å². The third-order valence-electron chi connectivity index (χ3n) is 5.85. The number of hydrogen-bond acceptors (Lipinski definition) is 7. The summed E-state index contributed by atoms with van der Waals surface area (Å²) in [5.74, 6) is 1.62. The molecule has 158 valence electrons. The second kappa shape index (κ2) is 8.16. The van der Waals surface area contributed by atoms with Gasteiger partial charge in [-0.15, -0.1) is 11.3 Å². The van der Waals surface area contributed by atoms with Gasteiger partial charge in [0.25, 0.3) is 10.0 Å². The van der Waals surface area contributed by atoms with Gasteiger partial charge in [-0.1, -0.05) is 12.1 Å². The second-order valence-corrected chi connectivity index (χ2v) is 11.1. The number of hydrogen-bond donors (Lipinski definition) is 0. The van der Waals surface area contributed by atoms with Crippen molar-refractivity contribution < 1.29 is 17.7 Å². The van der Waals surface area contributed by atoms with Crippen LogP contribution in [-0.2, 0) is 14.8 Å². The summed E-state index contributed by atoms with van der Waals surface area (Å²) in [5, 5.41) is 5.57. The van der Waals surface area contributed by atoms with E-state index in [1.165, 1.54) is 4.31 Å². The third kappa shape index (κ3) is 4.24. The summed E-state index contributed by atoms with van der Waals surface area (Å²) in [6, 6.07) is 1.59. The van der Waals surface area contributed by atoms with Gasteiger partial charge in [-0.3, -0.25) is 4.79 Å². The molecule has 8 nitrogen and oxygen atoms in total. The Morgan fingerprint density at radius 1 is 1.17 bits per heavy atom. The first-order valence-electron chi connectivity index (χ1n) is 10.0. The van der Waals surface area contributed by atoms with Crippen LogP contribution in [0.1, 0.15) is 38.5 Å². The molecule has 2 aliphatic heterocycles.